The average molecular weight is 300 g/mol. The third-order valence-electron chi connectivity index (χ3n) is 3.88. The lowest BCUT2D eigenvalue weighted by atomic mass is 9.97. The SMILES string of the molecule is CN1CCC(CN(C)S(=O)(=O)c2ccc(F)cc2)CC1. The van der Waals surface area contributed by atoms with Gasteiger partial charge < -0.3 is 4.90 Å². The summed E-state index contributed by atoms with van der Waals surface area (Å²) in [6, 6.07) is 4.98. The van der Waals surface area contributed by atoms with Gasteiger partial charge in [0.15, 0.2) is 0 Å². The molecule has 20 heavy (non-hydrogen) atoms. The van der Waals surface area contributed by atoms with E-state index in [4.69, 9.17) is 0 Å². The van der Waals surface area contributed by atoms with Crippen molar-refractivity contribution in [1.29, 1.82) is 0 Å². The molecule has 1 aromatic rings. The fourth-order valence-electron chi connectivity index (χ4n) is 2.49. The fraction of sp³-hybridized carbons (Fsp3) is 0.571. The van der Waals surface area contributed by atoms with Crippen molar-refractivity contribution in [2.75, 3.05) is 33.7 Å². The Bertz CT molecular complexity index is 537. The maximum absolute atomic E-state index is 12.9. The Morgan fingerprint density at radius 2 is 1.80 bits per heavy atom. The molecule has 0 N–H and O–H groups in total. The minimum Gasteiger partial charge on any atom is -0.306 e. The van der Waals surface area contributed by atoms with Crippen molar-refractivity contribution in [3.05, 3.63) is 30.1 Å². The zero-order valence-corrected chi connectivity index (χ0v) is 12.7. The van der Waals surface area contributed by atoms with E-state index in [9.17, 15) is 12.8 Å². The molecular weight excluding hydrogens is 279 g/mol. The Kier molecular flexibility index (Phi) is 4.78. The molecule has 0 radical (unpaired) electrons. The molecule has 1 fully saturated rings. The molecule has 1 aliphatic rings. The lowest BCUT2D eigenvalue weighted by molar-refractivity contribution is 0.202. The van der Waals surface area contributed by atoms with Crippen LogP contribution in [0.3, 0.4) is 0 Å². The van der Waals surface area contributed by atoms with Crippen LogP contribution in [0.1, 0.15) is 12.8 Å². The molecule has 0 spiro atoms. The molecule has 0 saturated carbocycles. The van der Waals surface area contributed by atoms with Gasteiger partial charge in [-0.25, -0.2) is 17.1 Å². The van der Waals surface area contributed by atoms with Crippen molar-refractivity contribution in [2.45, 2.75) is 17.7 Å². The van der Waals surface area contributed by atoms with Crippen LogP contribution in [0.2, 0.25) is 0 Å². The molecule has 6 heteroatoms. The second-order valence-electron chi connectivity index (χ2n) is 5.49. The van der Waals surface area contributed by atoms with Gasteiger partial charge in [0.1, 0.15) is 5.82 Å². The molecule has 0 bridgehead atoms. The molecule has 0 aromatic heterocycles. The summed E-state index contributed by atoms with van der Waals surface area (Å²) < 4.78 is 39.0. The van der Waals surface area contributed by atoms with E-state index < -0.39 is 15.8 Å². The van der Waals surface area contributed by atoms with Crippen LogP contribution in [0, 0.1) is 11.7 Å². The molecule has 0 amide bonds. The number of likely N-dealkylation sites (tertiary alicyclic amines) is 1. The summed E-state index contributed by atoms with van der Waals surface area (Å²) in [6.07, 6.45) is 2.03. The molecule has 0 unspecified atom stereocenters. The Hall–Kier alpha value is -0.980. The van der Waals surface area contributed by atoms with Crippen molar-refractivity contribution in [3.63, 3.8) is 0 Å². The quantitative estimate of drug-likeness (QED) is 0.851. The molecule has 1 saturated heterocycles. The highest BCUT2D eigenvalue weighted by Crippen LogP contribution is 2.21. The van der Waals surface area contributed by atoms with Crippen molar-refractivity contribution >= 4 is 10.0 Å². The second-order valence-corrected chi connectivity index (χ2v) is 7.53. The van der Waals surface area contributed by atoms with Gasteiger partial charge in [0, 0.05) is 13.6 Å². The first kappa shape index (κ1) is 15.4. The summed E-state index contributed by atoms with van der Waals surface area (Å²) in [4.78, 5) is 2.40. The zero-order valence-electron chi connectivity index (χ0n) is 11.9. The molecule has 0 atom stereocenters. The molecule has 2 rings (SSSR count). The van der Waals surface area contributed by atoms with E-state index in [0.717, 1.165) is 25.9 Å². The first-order valence-electron chi connectivity index (χ1n) is 6.80. The highest BCUT2D eigenvalue weighted by molar-refractivity contribution is 7.89. The second kappa shape index (κ2) is 6.20. The number of benzene rings is 1. The van der Waals surface area contributed by atoms with Crippen LogP contribution >= 0.6 is 0 Å². The summed E-state index contributed by atoms with van der Waals surface area (Å²) in [7, 11) is 0.157. The smallest absolute Gasteiger partial charge is 0.242 e. The Morgan fingerprint density at radius 3 is 2.35 bits per heavy atom. The largest absolute Gasteiger partial charge is 0.306 e. The molecule has 1 aromatic carbocycles. The van der Waals surface area contributed by atoms with E-state index in [1.807, 2.05) is 0 Å². The van der Waals surface area contributed by atoms with Crippen LogP contribution < -0.4 is 0 Å². The van der Waals surface area contributed by atoms with Gasteiger partial charge in [-0.1, -0.05) is 0 Å². The Morgan fingerprint density at radius 1 is 1.25 bits per heavy atom. The summed E-state index contributed by atoms with van der Waals surface area (Å²) >= 11 is 0. The van der Waals surface area contributed by atoms with Gasteiger partial charge >= 0.3 is 0 Å². The van der Waals surface area contributed by atoms with E-state index in [2.05, 4.69) is 11.9 Å². The van der Waals surface area contributed by atoms with Crippen LogP contribution in [0.5, 0.6) is 0 Å². The van der Waals surface area contributed by atoms with Crippen LogP contribution in [-0.4, -0.2) is 51.4 Å². The third kappa shape index (κ3) is 3.56. The first-order valence-corrected chi connectivity index (χ1v) is 8.24. The molecule has 1 heterocycles. The first-order chi connectivity index (χ1) is 9.39. The summed E-state index contributed by atoms with van der Waals surface area (Å²) in [6.45, 7) is 2.54. The van der Waals surface area contributed by atoms with Crippen LogP contribution in [0.15, 0.2) is 29.2 Å². The number of nitrogens with zero attached hydrogens (tertiary/aromatic N) is 2. The van der Waals surface area contributed by atoms with Gasteiger partial charge in [-0.15, -0.1) is 0 Å². The molecule has 4 nitrogen and oxygen atoms in total. The topological polar surface area (TPSA) is 40.6 Å². The van der Waals surface area contributed by atoms with Crippen molar-refractivity contribution in [1.82, 2.24) is 9.21 Å². The minimum atomic E-state index is -3.52. The maximum Gasteiger partial charge on any atom is 0.242 e. The normalized spacial score (nSPS) is 18.6. The van der Waals surface area contributed by atoms with E-state index in [-0.39, 0.29) is 4.90 Å². The van der Waals surface area contributed by atoms with Gasteiger partial charge in [-0.2, -0.15) is 0 Å². The van der Waals surface area contributed by atoms with Crippen LogP contribution in [0.25, 0.3) is 0 Å². The highest BCUT2D eigenvalue weighted by Gasteiger charge is 2.25. The van der Waals surface area contributed by atoms with E-state index in [1.165, 1.54) is 28.6 Å². The average Bonchev–Trinajstić information content (AvgIpc) is 2.42. The predicted molar refractivity (Wildman–Crippen MR) is 76.4 cm³/mol. The van der Waals surface area contributed by atoms with E-state index in [1.54, 1.807) is 7.05 Å². The third-order valence-corrected chi connectivity index (χ3v) is 5.71. The molecule has 112 valence electrons. The lowest BCUT2D eigenvalue weighted by Gasteiger charge is -2.31. The number of rotatable bonds is 4. The van der Waals surface area contributed by atoms with E-state index in [0.29, 0.717) is 12.5 Å². The summed E-state index contributed by atoms with van der Waals surface area (Å²) in [5.41, 5.74) is 0. The van der Waals surface area contributed by atoms with Crippen LogP contribution in [-0.2, 0) is 10.0 Å². The minimum absolute atomic E-state index is 0.148. The number of sulfonamides is 1. The zero-order chi connectivity index (χ0) is 14.8. The highest BCUT2D eigenvalue weighted by atomic mass is 32.2. The Balaban J connectivity index is 2.04. The number of piperidine rings is 1. The number of hydrogen-bond acceptors (Lipinski definition) is 3. The van der Waals surface area contributed by atoms with E-state index >= 15 is 0 Å². The molecule has 1 aliphatic heterocycles. The van der Waals surface area contributed by atoms with Gasteiger partial charge in [0.05, 0.1) is 4.90 Å². The Labute approximate surface area is 120 Å². The number of hydrogen-bond donors (Lipinski definition) is 0. The predicted octanol–water partition coefficient (Wildman–Crippen LogP) is 1.79. The van der Waals surface area contributed by atoms with Gasteiger partial charge in [-0.05, 0) is 63.2 Å². The van der Waals surface area contributed by atoms with Gasteiger partial charge in [0.25, 0.3) is 0 Å². The molecule has 0 aliphatic carbocycles. The van der Waals surface area contributed by atoms with Gasteiger partial charge in [-0.3, -0.25) is 0 Å². The fourth-order valence-corrected chi connectivity index (χ4v) is 3.74. The summed E-state index contributed by atoms with van der Waals surface area (Å²) in [5, 5.41) is 0. The van der Waals surface area contributed by atoms with Crippen molar-refractivity contribution in [3.8, 4) is 0 Å². The van der Waals surface area contributed by atoms with Gasteiger partial charge in [0.2, 0.25) is 10.0 Å². The van der Waals surface area contributed by atoms with Crippen molar-refractivity contribution < 1.29 is 12.8 Å². The molecular formula is C14H21FN2O2S. The maximum atomic E-state index is 12.9. The summed E-state index contributed by atoms with van der Waals surface area (Å²) in [5.74, 6) is -0.0339. The van der Waals surface area contributed by atoms with Crippen molar-refractivity contribution in [2.24, 2.45) is 5.92 Å². The lowest BCUT2D eigenvalue weighted by Crippen LogP contribution is -2.37. The van der Waals surface area contributed by atoms with Crippen LogP contribution in [0.4, 0.5) is 4.39 Å². The monoisotopic (exact) mass is 300 g/mol. The number of halogens is 1. The standard InChI is InChI=1S/C14H21FN2O2S/c1-16-9-7-12(8-10-16)11-17(2)20(18,19)14-5-3-13(15)4-6-14/h3-6,12H,7-11H2,1-2H3.